The van der Waals surface area contributed by atoms with Crippen LogP contribution in [0.15, 0.2) is 60.7 Å². The zero-order chi connectivity index (χ0) is 28.1. The maximum absolute atomic E-state index is 13.5. The number of hydrogen-bond donors (Lipinski definition) is 1. The van der Waals surface area contributed by atoms with E-state index in [-0.39, 0.29) is 30.1 Å². The molecule has 4 aromatic rings. The largest absolute Gasteiger partial charge is 0.484 e. The molecule has 0 atom stereocenters. The van der Waals surface area contributed by atoms with Gasteiger partial charge in [0.1, 0.15) is 17.1 Å². The Hall–Kier alpha value is -4.31. The lowest BCUT2D eigenvalue weighted by Gasteiger charge is -2.35. The molecule has 0 aliphatic carbocycles. The number of fused-ring (bicyclic) bond motifs is 1. The second-order valence-electron chi connectivity index (χ2n) is 9.31. The standard InChI is InChI=1S/C29H28ClFN6O3/c1-2-13-32-29(39)27-34-24-12-11-23(19-3-7-21(31)8-4-19)33-26(24)28(35-27)37-16-14-36(15-17-37)25(38)18-40-22-9-5-20(30)6-10-22/h3-12H,2,13-18H2,1H3,(H,32,39). The van der Waals surface area contributed by atoms with Crippen LogP contribution in [0.1, 0.15) is 24.0 Å². The number of carbonyl (C=O) groups excluding carboxylic acids is 2. The Balaban J connectivity index is 1.37. The molecule has 0 radical (unpaired) electrons. The van der Waals surface area contributed by atoms with E-state index in [0.717, 1.165) is 12.0 Å². The van der Waals surface area contributed by atoms with E-state index in [1.165, 1.54) is 12.1 Å². The number of piperazine rings is 1. The summed E-state index contributed by atoms with van der Waals surface area (Å²) in [5.74, 6) is 0.324. The van der Waals surface area contributed by atoms with Crippen molar-refractivity contribution in [3.63, 3.8) is 0 Å². The number of halogens is 2. The van der Waals surface area contributed by atoms with Crippen LogP contribution in [-0.4, -0.2) is 71.0 Å². The number of anilines is 1. The highest BCUT2D eigenvalue weighted by Crippen LogP contribution is 2.27. The van der Waals surface area contributed by atoms with Crippen LogP contribution < -0.4 is 15.0 Å². The highest BCUT2D eigenvalue weighted by Gasteiger charge is 2.26. The molecule has 1 fully saturated rings. The van der Waals surface area contributed by atoms with Gasteiger partial charge in [-0.25, -0.2) is 19.3 Å². The lowest BCUT2D eigenvalue weighted by Crippen LogP contribution is -2.50. The van der Waals surface area contributed by atoms with Crippen LogP contribution >= 0.6 is 11.6 Å². The fraction of sp³-hybridized carbons (Fsp3) is 0.276. The number of aromatic nitrogens is 3. The zero-order valence-corrected chi connectivity index (χ0v) is 22.7. The van der Waals surface area contributed by atoms with E-state index in [4.69, 9.17) is 21.3 Å². The number of ether oxygens (including phenoxy) is 1. The summed E-state index contributed by atoms with van der Waals surface area (Å²) in [6, 6.07) is 16.5. The first-order valence-electron chi connectivity index (χ1n) is 13.1. The normalized spacial score (nSPS) is 13.4. The Morgan fingerprint density at radius 3 is 2.38 bits per heavy atom. The predicted molar refractivity (Wildman–Crippen MR) is 151 cm³/mol. The van der Waals surface area contributed by atoms with Crippen LogP contribution in [0.4, 0.5) is 10.2 Å². The van der Waals surface area contributed by atoms with E-state index in [2.05, 4.69) is 15.3 Å². The fourth-order valence-corrected chi connectivity index (χ4v) is 4.48. The molecule has 0 spiro atoms. The van der Waals surface area contributed by atoms with Gasteiger partial charge >= 0.3 is 0 Å². The van der Waals surface area contributed by atoms with Crippen molar-refractivity contribution in [1.29, 1.82) is 0 Å². The molecule has 1 aliphatic rings. The summed E-state index contributed by atoms with van der Waals surface area (Å²) in [6.45, 7) is 4.26. The van der Waals surface area contributed by atoms with E-state index in [9.17, 15) is 14.0 Å². The third-order valence-electron chi connectivity index (χ3n) is 6.51. The molecule has 2 aromatic carbocycles. The van der Waals surface area contributed by atoms with Gasteiger partial charge in [0.05, 0.1) is 11.2 Å². The molecule has 206 valence electrons. The highest BCUT2D eigenvalue weighted by molar-refractivity contribution is 6.30. The Morgan fingerprint density at radius 2 is 1.68 bits per heavy atom. The number of benzene rings is 2. The van der Waals surface area contributed by atoms with E-state index in [1.807, 2.05) is 11.8 Å². The predicted octanol–water partition coefficient (Wildman–Crippen LogP) is 4.35. The first-order valence-corrected chi connectivity index (χ1v) is 13.4. The second kappa shape index (κ2) is 12.3. The Labute approximate surface area is 236 Å². The average Bonchev–Trinajstić information content (AvgIpc) is 2.99. The van der Waals surface area contributed by atoms with Crippen molar-refractivity contribution in [2.75, 3.05) is 44.2 Å². The Bertz CT molecular complexity index is 1510. The van der Waals surface area contributed by atoms with E-state index in [1.54, 1.807) is 53.4 Å². The van der Waals surface area contributed by atoms with Crippen molar-refractivity contribution in [1.82, 2.24) is 25.2 Å². The number of nitrogens with zero attached hydrogens (tertiary/aromatic N) is 5. The molecule has 2 aromatic heterocycles. The summed E-state index contributed by atoms with van der Waals surface area (Å²) in [6.07, 6.45) is 0.784. The summed E-state index contributed by atoms with van der Waals surface area (Å²) in [5.41, 5.74) is 2.43. The molecular weight excluding hydrogens is 535 g/mol. The van der Waals surface area contributed by atoms with Crippen molar-refractivity contribution in [3.8, 4) is 17.0 Å². The van der Waals surface area contributed by atoms with Crippen LogP contribution in [0.3, 0.4) is 0 Å². The number of amides is 2. The zero-order valence-electron chi connectivity index (χ0n) is 21.9. The van der Waals surface area contributed by atoms with Crippen molar-refractivity contribution in [2.45, 2.75) is 13.3 Å². The average molecular weight is 563 g/mol. The molecule has 2 amide bonds. The summed E-state index contributed by atoms with van der Waals surface area (Å²) in [5, 5.41) is 3.42. The van der Waals surface area contributed by atoms with Crippen LogP contribution in [0.2, 0.25) is 5.02 Å². The topological polar surface area (TPSA) is 101 Å². The molecule has 3 heterocycles. The molecule has 5 rings (SSSR count). The van der Waals surface area contributed by atoms with Gasteiger partial charge in [0, 0.05) is 43.3 Å². The number of pyridine rings is 1. The van der Waals surface area contributed by atoms with Crippen LogP contribution in [-0.2, 0) is 4.79 Å². The van der Waals surface area contributed by atoms with Gasteiger partial charge < -0.3 is 19.9 Å². The van der Waals surface area contributed by atoms with Gasteiger partial charge in [0.25, 0.3) is 11.8 Å². The van der Waals surface area contributed by atoms with Gasteiger partial charge in [0.15, 0.2) is 12.4 Å². The summed E-state index contributed by atoms with van der Waals surface area (Å²) in [7, 11) is 0. The maximum atomic E-state index is 13.5. The molecular formula is C29H28ClFN6O3. The van der Waals surface area contributed by atoms with Gasteiger partial charge in [-0.1, -0.05) is 18.5 Å². The quantitative estimate of drug-likeness (QED) is 0.341. The smallest absolute Gasteiger partial charge is 0.289 e. The number of carbonyl (C=O) groups is 2. The third-order valence-corrected chi connectivity index (χ3v) is 6.76. The highest BCUT2D eigenvalue weighted by atomic mass is 35.5. The summed E-state index contributed by atoms with van der Waals surface area (Å²) < 4.78 is 19.1. The molecule has 0 unspecified atom stereocenters. The first kappa shape index (κ1) is 27.3. The van der Waals surface area contributed by atoms with Gasteiger partial charge in [-0.15, -0.1) is 0 Å². The lowest BCUT2D eigenvalue weighted by atomic mass is 10.1. The van der Waals surface area contributed by atoms with Crippen molar-refractivity contribution >= 4 is 40.3 Å². The third kappa shape index (κ3) is 6.28. The molecule has 1 aliphatic heterocycles. The molecule has 11 heteroatoms. The number of rotatable bonds is 8. The van der Waals surface area contributed by atoms with Crippen LogP contribution in [0.5, 0.6) is 5.75 Å². The van der Waals surface area contributed by atoms with Gasteiger partial charge in [-0.3, -0.25) is 9.59 Å². The molecule has 40 heavy (non-hydrogen) atoms. The Morgan fingerprint density at radius 1 is 0.950 bits per heavy atom. The first-order chi connectivity index (χ1) is 19.4. The Kier molecular flexibility index (Phi) is 8.35. The maximum Gasteiger partial charge on any atom is 0.289 e. The van der Waals surface area contributed by atoms with Crippen LogP contribution in [0.25, 0.3) is 22.3 Å². The summed E-state index contributed by atoms with van der Waals surface area (Å²) >= 11 is 5.91. The van der Waals surface area contributed by atoms with Gasteiger partial charge in [-0.2, -0.15) is 0 Å². The SMILES string of the molecule is CCCNC(=O)c1nc(N2CCN(C(=O)COc3ccc(Cl)cc3)CC2)c2nc(-c3ccc(F)cc3)ccc2n1. The monoisotopic (exact) mass is 562 g/mol. The van der Waals surface area contributed by atoms with Crippen molar-refractivity contribution in [2.24, 2.45) is 0 Å². The van der Waals surface area contributed by atoms with E-state index >= 15 is 0 Å². The lowest BCUT2D eigenvalue weighted by molar-refractivity contribution is -0.133. The summed E-state index contributed by atoms with van der Waals surface area (Å²) in [4.78, 5) is 43.2. The molecule has 0 bridgehead atoms. The van der Waals surface area contributed by atoms with Gasteiger partial charge in [-0.05, 0) is 67.1 Å². The minimum atomic E-state index is -0.360. The van der Waals surface area contributed by atoms with E-state index < -0.39 is 0 Å². The minimum Gasteiger partial charge on any atom is -0.484 e. The molecule has 1 saturated heterocycles. The second-order valence-corrected chi connectivity index (χ2v) is 9.74. The minimum absolute atomic E-state index is 0.0575. The fourth-order valence-electron chi connectivity index (χ4n) is 4.35. The van der Waals surface area contributed by atoms with Gasteiger partial charge in [0.2, 0.25) is 5.82 Å². The van der Waals surface area contributed by atoms with Crippen molar-refractivity contribution in [3.05, 3.63) is 77.3 Å². The molecule has 1 N–H and O–H groups in total. The van der Waals surface area contributed by atoms with Crippen molar-refractivity contribution < 1.29 is 18.7 Å². The molecule has 9 nitrogen and oxygen atoms in total. The number of nitrogens with one attached hydrogen (secondary N) is 1. The van der Waals surface area contributed by atoms with Crippen LogP contribution in [0, 0.1) is 5.82 Å². The molecule has 0 saturated carbocycles. The van der Waals surface area contributed by atoms with E-state index in [0.29, 0.717) is 66.0 Å². The number of hydrogen-bond acceptors (Lipinski definition) is 7.